The first-order valence-electron chi connectivity index (χ1n) is 6.87. The quantitative estimate of drug-likeness (QED) is 0.813. The predicted molar refractivity (Wildman–Crippen MR) is 71.8 cm³/mol. The van der Waals surface area contributed by atoms with Gasteiger partial charge >= 0.3 is 0 Å². The summed E-state index contributed by atoms with van der Waals surface area (Å²) < 4.78 is 0. The predicted octanol–water partition coefficient (Wildman–Crippen LogP) is 1.91. The van der Waals surface area contributed by atoms with Crippen LogP contribution in [-0.4, -0.2) is 47.9 Å². The second-order valence-corrected chi connectivity index (χ2v) is 6.71. The number of rotatable bonds is 2. The number of carbonyl (C=O) groups is 1. The Hall–Kier alpha value is -0.870. The first-order valence-corrected chi connectivity index (χ1v) is 7.81. The Balaban J connectivity index is 1.42. The van der Waals surface area contributed by atoms with Crippen LogP contribution in [0.3, 0.4) is 0 Å². The van der Waals surface area contributed by atoms with E-state index in [0.29, 0.717) is 0 Å². The first kappa shape index (κ1) is 11.0. The second kappa shape index (κ2) is 4.07. The molecule has 3 nitrogen and oxygen atoms in total. The molecule has 3 aliphatic rings. The van der Waals surface area contributed by atoms with Crippen LogP contribution >= 0.6 is 11.3 Å². The van der Waals surface area contributed by atoms with Gasteiger partial charge in [-0.2, -0.15) is 11.3 Å². The molecule has 1 aliphatic carbocycles. The zero-order chi connectivity index (χ0) is 12.1. The van der Waals surface area contributed by atoms with Gasteiger partial charge < -0.3 is 4.90 Å². The molecule has 0 radical (unpaired) electrons. The van der Waals surface area contributed by atoms with Crippen molar-refractivity contribution in [3.8, 4) is 0 Å². The Morgan fingerprint density at radius 2 is 1.89 bits per heavy atom. The van der Waals surface area contributed by atoms with E-state index in [1.54, 1.807) is 11.3 Å². The van der Waals surface area contributed by atoms with Crippen molar-refractivity contribution < 1.29 is 4.79 Å². The fourth-order valence-electron chi connectivity index (χ4n) is 3.50. The zero-order valence-corrected chi connectivity index (χ0v) is 11.2. The van der Waals surface area contributed by atoms with Gasteiger partial charge in [0.2, 0.25) is 0 Å². The lowest BCUT2D eigenvalue weighted by atomic mass is 10.0. The standard InChI is InChI=1S/C14H18N2OS/c17-14(10-3-4-18-9-10)16-7-11-5-15(13-1-2-13)6-12(11)8-16/h3-4,9,11-13H,1-2,5-8H2. The number of carbonyl (C=O) groups excluding carboxylic acids is 1. The van der Waals surface area contributed by atoms with E-state index < -0.39 is 0 Å². The highest BCUT2D eigenvalue weighted by molar-refractivity contribution is 7.08. The van der Waals surface area contributed by atoms with E-state index in [0.717, 1.165) is 36.5 Å². The summed E-state index contributed by atoms with van der Waals surface area (Å²) in [6.07, 6.45) is 2.80. The third-order valence-corrected chi connectivity index (χ3v) is 5.32. The van der Waals surface area contributed by atoms with Crippen molar-refractivity contribution in [3.63, 3.8) is 0 Å². The summed E-state index contributed by atoms with van der Waals surface area (Å²) in [5.41, 5.74) is 0.874. The molecule has 0 bridgehead atoms. The van der Waals surface area contributed by atoms with Crippen LogP contribution in [0.2, 0.25) is 0 Å². The van der Waals surface area contributed by atoms with Crippen LogP contribution in [0.15, 0.2) is 16.8 Å². The molecule has 2 saturated heterocycles. The monoisotopic (exact) mass is 262 g/mol. The molecule has 4 rings (SSSR count). The molecule has 4 heteroatoms. The molecule has 3 fully saturated rings. The average Bonchev–Trinajstić information content (AvgIpc) is 2.81. The zero-order valence-electron chi connectivity index (χ0n) is 10.4. The van der Waals surface area contributed by atoms with Crippen molar-refractivity contribution >= 4 is 17.2 Å². The van der Waals surface area contributed by atoms with Crippen LogP contribution in [0, 0.1) is 11.8 Å². The number of thiophene rings is 1. The molecule has 1 saturated carbocycles. The maximum absolute atomic E-state index is 12.3. The van der Waals surface area contributed by atoms with E-state index in [1.807, 2.05) is 16.8 Å². The molecular formula is C14H18N2OS. The van der Waals surface area contributed by atoms with E-state index in [-0.39, 0.29) is 5.91 Å². The van der Waals surface area contributed by atoms with Gasteiger partial charge in [-0.15, -0.1) is 0 Å². The Kier molecular flexibility index (Phi) is 2.49. The van der Waals surface area contributed by atoms with Crippen molar-refractivity contribution in [1.82, 2.24) is 9.80 Å². The Morgan fingerprint density at radius 1 is 1.17 bits per heavy atom. The van der Waals surface area contributed by atoms with Gasteiger partial charge in [-0.25, -0.2) is 0 Å². The number of fused-ring (bicyclic) bond motifs is 1. The number of hydrogen-bond acceptors (Lipinski definition) is 3. The molecule has 2 aliphatic heterocycles. The molecule has 1 aromatic rings. The molecule has 0 spiro atoms. The third-order valence-electron chi connectivity index (χ3n) is 4.63. The fourth-order valence-corrected chi connectivity index (χ4v) is 4.13. The van der Waals surface area contributed by atoms with Crippen LogP contribution < -0.4 is 0 Å². The van der Waals surface area contributed by atoms with Crippen LogP contribution in [0.1, 0.15) is 23.2 Å². The molecule has 0 aromatic carbocycles. The molecule has 3 heterocycles. The molecule has 18 heavy (non-hydrogen) atoms. The van der Waals surface area contributed by atoms with Gasteiger partial charge in [0.05, 0.1) is 5.56 Å². The SMILES string of the molecule is O=C(c1ccsc1)N1CC2CN(C3CC3)CC2C1. The molecule has 0 N–H and O–H groups in total. The molecule has 2 atom stereocenters. The maximum atomic E-state index is 12.3. The van der Waals surface area contributed by atoms with Crippen LogP contribution in [0.25, 0.3) is 0 Å². The fraction of sp³-hybridized carbons (Fsp3) is 0.643. The molecule has 1 amide bonds. The smallest absolute Gasteiger partial charge is 0.254 e. The van der Waals surface area contributed by atoms with Crippen molar-refractivity contribution in [2.75, 3.05) is 26.2 Å². The van der Waals surface area contributed by atoms with E-state index in [4.69, 9.17) is 0 Å². The van der Waals surface area contributed by atoms with Crippen molar-refractivity contribution in [2.24, 2.45) is 11.8 Å². The lowest BCUT2D eigenvalue weighted by molar-refractivity contribution is 0.0774. The minimum atomic E-state index is 0.239. The van der Waals surface area contributed by atoms with E-state index in [9.17, 15) is 4.79 Å². The molecule has 96 valence electrons. The first-order chi connectivity index (χ1) is 8.81. The molecule has 2 unspecified atom stereocenters. The minimum Gasteiger partial charge on any atom is -0.338 e. The van der Waals surface area contributed by atoms with Crippen molar-refractivity contribution in [3.05, 3.63) is 22.4 Å². The van der Waals surface area contributed by atoms with Crippen molar-refractivity contribution in [1.29, 1.82) is 0 Å². The van der Waals surface area contributed by atoms with Gasteiger partial charge in [-0.05, 0) is 36.1 Å². The van der Waals surface area contributed by atoms with Gasteiger partial charge in [-0.3, -0.25) is 9.69 Å². The third kappa shape index (κ3) is 1.79. The van der Waals surface area contributed by atoms with Gasteiger partial charge in [0, 0.05) is 37.6 Å². The summed E-state index contributed by atoms with van der Waals surface area (Å²) in [4.78, 5) is 17.0. The van der Waals surface area contributed by atoms with Crippen molar-refractivity contribution in [2.45, 2.75) is 18.9 Å². The number of amides is 1. The average molecular weight is 262 g/mol. The van der Waals surface area contributed by atoms with Crippen LogP contribution in [-0.2, 0) is 0 Å². The maximum Gasteiger partial charge on any atom is 0.254 e. The summed E-state index contributed by atoms with van der Waals surface area (Å²) >= 11 is 1.60. The minimum absolute atomic E-state index is 0.239. The highest BCUT2D eigenvalue weighted by Crippen LogP contribution is 2.38. The Labute approximate surface area is 111 Å². The summed E-state index contributed by atoms with van der Waals surface area (Å²) in [7, 11) is 0. The highest BCUT2D eigenvalue weighted by Gasteiger charge is 2.45. The Morgan fingerprint density at radius 3 is 2.44 bits per heavy atom. The summed E-state index contributed by atoms with van der Waals surface area (Å²) in [6.45, 7) is 4.40. The van der Waals surface area contributed by atoms with E-state index >= 15 is 0 Å². The lowest BCUT2D eigenvalue weighted by Gasteiger charge is -2.21. The van der Waals surface area contributed by atoms with Gasteiger partial charge in [0.15, 0.2) is 0 Å². The van der Waals surface area contributed by atoms with Crippen LogP contribution in [0.4, 0.5) is 0 Å². The Bertz CT molecular complexity index is 440. The summed E-state index contributed by atoms with van der Waals surface area (Å²) in [5.74, 6) is 1.70. The summed E-state index contributed by atoms with van der Waals surface area (Å²) in [5, 5.41) is 3.95. The van der Waals surface area contributed by atoms with Gasteiger partial charge in [0.25, 0.3) is 5.91 Å². The van der Waals surface area contributed by atoms with E-state index in [2.05, 4.69) is 9.80 Å². The highest BCUT2D eigenvalue weighted by atomic mass is 32.1. The van der Waals surface area contributed by atoms with E-state index in [1.165, 1.54) is 25.9 Å². The normalized spacial score (nSPS) is 31.9. The second-order valence-electron chi connectivity index (χ2n) is 5.93. The number of likely N-dealkylation sites (tertiary alicyclic amines) is 2. The summed E-state index contributed by atoms with van der Waals surface area (Å²) in [6, 6.07) is 2.83. The lowest BCUT2D eigenvalue weighted by Crippen LogP contribution is -2.33. The van der Waals surface area contributed by atoms with Gasteiger partial charge in [-0.1, -0.05) is 0 Å². The topological polar surface area (TPSA) is 23.6 Å². The van der Waals surface area contributed by atoms with Crippen LogP contribution in [0.5, 0.6) is 0 Å². The molecular weight excluding hydrogens is 244 g/mol. The molecule has 1 aromatic heterocycles. The van der Waals surface area contributed by atoms with Gasteiger partial charge in [0.1, 0.15) is 0 Å². The number of hydrogen-bond donors (Lipinski definition) is 0. The number of nitrogens with zero attached hydrogens (tertiary/aromatic N) is 2. The largest absolute Gasteiger partial charge is 0.338 e.